The Morgan fingerprint density at radius 1 is 0.718 bits per heavy atom. The molecular weight excluding hydrogens is 494 g/mol. The van der Waals surface area contributed by atoms with Crippen LogP contribution in [0.2, 0.25) is 0 Å². The Balaban J connectivity index is 0.000000874. The fourth-order valence-corrected chi connectivity index (χ4v) is 5.05. The van der Waals surface area contributed by atoms with Crippen molar-refractivity contribution in [3.05, 3.63) is 35.4 Å². The summed E-state index contributed by atoms with van der Waals surface area (Å²) in [7, 11) is 4.91. The number of nitrogens with zero attached hydrogens (tertiary/aromatic N) is 1. The van der Waals surface area contributed by atoms with E-state index in [2.05, 4.69) is 17.9 Å². The summed E-state index contributed by atoms with van der Waals surface area (Å²) in [6, 6.07) is 8.09. The molecule has 0 saturated carbocycles. The van der Waals surface area contributed by atoms with E-state index in [4.69, 9.17) is 28.4 Å². The van der Waals surface area contributed by atoms with Crippen LogP contribution in [0.25, 0.3) is 0 Å². The molecule has 2 aromatic carbocycles. The summed E-state index contributed by atoms with van der Waals surface area (Å²) >= 11 is 0. The van der Waals surface area contributed by atoms with Gasteiger partial charge in [-0.25, -0.2) is 0 Å². The van der Waals surface area contributed by atoms with E-state index in [9.17, 15) is 0 Å². The zero-order chi connectivity index (χ0) is 29.6. The highest BCUT2D eigenvalue weighted by Crippen LogP contribution is 2.52. The Hall–Kier alpha value is -2.80. The Bertz CT molecular complexity index is 964. The Kier molecular flexibility index (Phi) is 14.9. The van der Waals surface area contributed by atoms with Crippen LogP contribution in [0.1, 0.15) is 98.6 Å². The van der Waals surface area contributed by atoms with Crippen LogP contribution in [0.5, 0.6) is 34.5 Å². The van der Waals surface area contributed by atoms with Crippen molar-refractivity contribution >= 4 is 0 Å². The van der Waals surface area contributed by atoms with Gasteiger partial charge < -0.3 is 28.4 Å². The highest BCUT2D eigenvalue weighted by Gasteiger charge is 2.44. The van der Waals surface area contributed by atoms with Gasteiger partial charge >= 0.3 is 0 Å². The van der Waals surface area contributed by atoms with Crippen LogP contribution in [0.15, 0.2) is 24.3 Å². The molecule has 0 aliphatic carbocycles. The molecule has 1 fully saturated rings. The molecule has 0 amide bonds. The van der Waals surface area contributed by atoms with E-state index in [1.165, 1.54) is 12.8 Å². The summed E-state index contributed by atoms with van der Waals surface area (Å²) in [5.41, 5.74) is 1.75. The second kappa shape index (κ2) is 17.0. The molecule has 3 heterocycles. The van der Waals surface area contributed by atoms with E-state index in [-0.39, 0.29) is 12.7 Å². The molecule has 5 rings (SSSR count). The standard InChI is InChI=1S/C24H29NO6.4C2H6/c1-24(25-7-5-6-8-25)13-17(15-9-21(26-2)23(28-4)22(10-15)27-3)16-11-19-20(30-14-29-19)12-18(16)31-24;4*1-2/h9-12,17H,5-8,13-14H2,1-4H3;4*1-2H3. The molecule has 7 heteroatoms. The lowest BCUT2D eigenvalue weighted by atomic mass is 9.81. The van der Waals surface area contributed by atoms with Gasteiger partial charge in [-0.1, -0.05) is 55.4 Å². The van der Waals surface area contributed by atoms with Gasteiger partial charge in [0.05, 0.1) is 21.3 Å². The van der Waals surface area contributed by atoms with Gasteiger partial charge in [0.2, 0.25) is 12.5 Å². The molecule has 0 bridgehead atoms. The number of fused-ring (bicyclic) bond motifs is 2. The number of benzene rings is 2. The minimum atomic E-state index is -0.414. The van der Waals surface area contributed by atoms with Gasteiger partial charge in [0, 0.05) is 37.1 Å². The first kappa shape index (κ1) is 34.2. The van der Waals surface area contributed by atoms with Crippen molar-refractivity contribution in [2.24, 2.45) is 0 Å². The van der Waals surface area contributed by atoms with Gasteiger partial charge in [-0.15, -0.1) is 0 Å². The van der Waals surface area contributed by atoms with E-state index < -0.39 is 5.72 Å². The van der Waals surface area contributed by atoms with Crippen molar-refractivity contribution in [2.45, 2.75) is 93.2 Å². The molecule has 0 spiro atoms. The topological polar surface area (TPSA) is 58.6 Å². The number of methoxy groups -OCH3 is 3. The third-order valence-electron chi connectivity index (χ3n) is 6.66. The normalized spacial score (nSPS) is 20.1. The van der Waals surface area contributed by atoms with Crippen molar-refractivity contribution in [1.29, 1.82) is 0 Å². The third-order valence-corrected chi connectivity index (χ3v) is 6.66. The van der Waals surface area contributed by atoms with Crippen LogP contribution >= 0.6 is 0 Å². The second-order valence-electron chi connectivity index (χ2n) is 8.43. The van der Waals surface area contributed by atoms with Crippen molar-refractivity contribution in [2.75, 3.05) is 41.2 Å². The molecule has 1 saturated heterocycles. The van der Waals surface area contributed by atoms with Crippen LogP contribution < -0.4 is 28.4 Å². The lowest BCUT2D eigenvalue weighted by molar-refractivity contribution is -0.0768. The molecule has 3 aliphatic heterocycles. The quantitative estimate of drug-likeness (QED) is 0.373. The number of rotatable bonds is 5. The SMILES string of the molecule is CC.CC.CC.CC.COc1cc(C2CC(C)(N3CCCC3)Oc3cc4c(cc32)OCO4)cc(OC)c1OC. The fraction of sp³-hybridized carbons (Fsp3) is 0.625. The van der Waals surface area contributed by atoms with Crippen LogP contribution in [0.4, 0.5) is 0 Å². The van der Waals surface area contributed by atoms with Gasteiger partial charge in [0.15, 0.2) is 28.7 Å². The number of hydrogen-bond donors (Lipinski definition) is 0. The van der Waals surface area contributed by atoms with Crippen LogP contribution in [0, 0.1) is 0 Å². The maximum atomic E-state index is 6.64. The van der Waals surface area contributed by atoms with Gasteiger partial charge in [0.25, 0.3) is 0 Å². The summed E-state index contributed by atoms with van der Waals surface area (Å²) in [6.07, 6.45) is 3.20. The average molecular weight is 548 g/mol. The Morgan fingerprint density at radius 2 is 1.23 bits per heavy atom. The van der Waals surface area contributed by atoms with Gasteiger partial charge in [-0.05, 0) is 43.5 Å². The summed E-state index contributed by atoms with van der Waals surface area (Å²) in [5.74, 6) is 4.27. The van der Waals surface area contributed by atoms with E-state index in [1.807, 2.05) is 73.6 Å². The molecule has 39 heavy (non-hydrogen) atoms. The van der Waals surface area contributed by atoms with Gasteiger partial charge in [-0.2, -0.15) is 0 Å². The largest absolute Gasteiger partial charge is 0.493 e. The van der Waals surface area contributed by atoms with Crippen LogP contribution in [0.3, 0.4) is 0 Å². The molecule has 2 atom stereocenters. The zero-order valence-corrected chi connectivity index (χ0v) is 26.5. The molecule has 7 nitrogen and oxygen atoms in total. The van der Waals surface area contributed by atoms with Crippen LogP contribution in [-0.4, -0.2) is 51.8 Å². The number of hydrogen-bond acceptors (Lipinski definition) is 7. The van der Waals surface area contributed by atoms with Crippen molar-refractivity contribution in [3.8, 4) is 34.5 Å². The predicted octanol–water partition coefficient (Wildman–Crippen LogP) is 8.27. The maximum Gasteiger partial charge on any atom is 0.231 e. The zero-order valence-electron chi connectivity index (χ0n) is 26.5. The first-order chi connectivity index (χ1) is 19.1. The lowest BCUT2D eigenvalue weighted by Crippen LogP contribution is -2.52. The predicted molar refractivity (Wildman–Crippen MR) is 160 cm³/mol. The first-order valence-corrected chi connectivity index (χ1v) is 14.7. The number of likely N-dealkylation sites (tertiary alicyclic amines) is 1. The molecule has 2 aromatic rings. The monoisotopic (exact) mass is 547 g/mol. The summed E-state index contributed by atoms with van der Waals surface area (Å²) in [5, 5.41) is 0. The third kappa shape index (κ3) is 7.44. The highest BCUT2D eigenvalue weighted by molar-refractivity contribution is 5.60. The van der Waals surface area contributed by atoms with E-state index in [1.54, 1.807) is 21.3 Å². The van der Waals surface area contributed by atoms with Gasteiger partial charge in [-0.3, -0.25) is 4.90 Å². The van der Waals surface area contributed by atoms with Crippen molar-refractivity contribution in [3.63, 3.8) is 0 Å². The highest BCUT2D eigenvalue weighted by atomic mass is 16.7. The summed E-state index contributed by atoms with van der Waals surface area (Å²) < 4.78 is 34.7. The smallest absolute Gasteiger partial charge is 0.231 e. The minimum Gasteiger partial charge on any atom is -0.493 e. The lowest BCUT2D eigenvalue weighted by Gasteiger charge is -2.45. The molecule has 0 N–H and O–H groups in total. The second-order valence-corrected chi connectivity index (χ2v) is 8.43. The Labute approximate surface area is 237 Å². The summed E-state index contributed by atoms with van der Waals surface area (Å²) in [6.45, 7) is 20.5. The van der Waals surface area contributed by atoms with Crippen LogP contribution in [-0.2, 0) is 0 Å². The Morgan fingerprint density at radius 3 is 1.72 bits per heavy atom. The number of ether oxygens (including phenoxy) is 6. The molecular formula is C32H53NO6. The van der Waals surface area contributed by atoms with Crippen molar-refractivity contribution < 1.29 is 28.4 Å². The molecule has 0 radical (unpaired) electrons. The fourth-order valence-electron chi connectivity index (χ4n) is 5.05. The van der Waals surface area contributed by atoms with E-state index in [0.717, 1.165) is 47.9 Å². The van der Waals surface area contributed by atoms with E-state index in [0.29, 0.717) is 17.2 Å². The average Bonchev–Trinajstić information content (AvgIpc) is 3.72. The maximum absolute atomic E-state index is 6.64. The summed E-state index contributed by atoms with van der Waals surface area (Å²) in [4.78, 5) is 2.45. The molecule has 3 aliphatic rings. The minimum absolute atomic E-state index is 0.0672. The van der Waals surface area contributed by atoms with E-state index >= 15 is 0 Å². The molecule has 0 aromatic heterocycles. The molecule has 222 valence electrons. The van der Waals surface area contributed by atoms with Gasteiger partial charge in [0.1, 0.15) is 5.75 Å². The molecule has 2 unspecified atom stereocenters. The van der Waals surface area contributed by atoms with Crippen molar-refractivity contribution in [1.82, 2.24) is 4.90 Å². The first-order valence-electron chi connectivity index (χ1n) is 14.7.